The highest BCUT2D eigenvalue weighted by Gasteiger charge is 2.28. The molecule has 1 aromatic heterocycles. The maximum atomic E-state index is 5.27. The standard InChI is InChI=1S/C27H41N3/c1-3-9-15-21-22-16-10-4-2-6-13-19-25(22)30-26-20-14-8-7-12-18-24(26)29-27(30)28-23(21)17-11-5-1/h1-20H2,(H,28,29). The molecule has 1 aromatic rings. The maximum absolute atomic E-state index is 5.27. The molecule has 164 valence electrons. The number of rotatable bonds is 0. The van der Waals surface area contributed by atoms with E-state index in [1.807, 2.05) is 0 Å². The first-order valence-corrected chi connectivity index (χ1v) is 13.2. The first kappa shape index (κ1) is 20.4. The van der Waals surface area contributed by atoms with Gasteiger partial charge in [0.15, 0.2) is 0 Å². The minimum absolute atomic E-state index is 1.16. The fourth-order valence-corrected chi connectivity index (χ4v) is 6.30. The van der Waals surface area contributed by atoms with Gasteiger partial charge in [0.25, 0.3) is 0 Å². The Morgan fingerprint density at radius 2 is 1.10 bits per heavy atom. The van der Waals surface area contributed by atoms with Crippen molar-refractivity contribution in [1.29, 1.82) is 0 Å². The Morgan fingerprint density at radius 3 is 1.87 bits per heavy atom. The van der Waals surface area contributed by atoms with Crippen LogP contribution in [0.2, 0.25) is 0 Å². The van der Waals surface area contributed by atoms with E-state index >= 15 is 0 Å². The molecule has 0 atom stereocenters. The molecule has 3 aliphatic carbocycles. The smallest absolute Gasteiger partial charge is 0.212 e. The van der Waals surface area contributed by atoms with Gasteiger partial charge in [-0.3, -0.25) is 4.57 Å². The lowest BCUT2D eigenvalue weighted by Gasteiger charge is -2.21. The van der Waals surface area contributed by atoms with Gasteiger partial charge >= 0.3 is 0 Å². The Hall–Kier alpha value is -1.51. The first-order chi connectivity index (χ1) is 14.9. The summed E-state index contributed by atoms with van der Waals surface area (Å²) in [5.41, 5.74) is 9.53. The number of nitrogens with zero attached hydrogens (tertiary/aromatic N) is 2. The van der Waals surface area contributed by atoms with E-state index in [0.29, 0.717) is 0 Å². The molecule has 3 heteroatoms. The lowest BCUT2D eigenvalue weighted by atomic mass is 9.90. The molecule has 0 saturated heterocycles. The van der Waals surface area contributed by atoms with Gasteiger partial charge in [-0.1, -0.05) is 51.4 Å². The van der Waals surface area contributed by atoms with Gasteiger partial charge in [0.1, 0.15) is 0 Å². The zero-order valence-electron chi connectivity index (χ0n) is 19.0. The minimum Gasteiger partial charge on any atom is -0.329 e. The summed E-state index contributed by atoms with van der Waals surface area (Å²) in [5, 5.41) is 3.96. The highest BCUT2D eigenvalue weighted by Crippen LogP contribution is 2.42. The van der Waals surface area contributed by atoms with Crippen LogP contribution in [0, 0.1) is 0 Å². The summed E-state index contributed by atoms with van der Waals surface area (Å²) in [6, 6.07) is 0. The number of anilines is 1. The lowest BCUT2D eigenvalue weighted by Crippen LogP contribution is -2.09. The fourth-order valence-electron chi connectivity index (χ4n) is 6.30. The molecule has 0 spiro atoms. The maximum Gasteiger partial charge on any atom is 0.212 e. The number of aromatic nitrogens is 2. The Morgan fingerprint density at radius 1 is 0.533 bits per heavy atom. The van der Waals surface area contributed by atoms with Gasteiger partial charge in [-0.05, 0) is 88.2 Å². The van der Waals surface area contributed by atoms with E-state index in [4.69, 9.17) is 4.98 Å². The van der Waals surface area contributed by atoms with Crippen LogP contribution in [0.3, 0.4) is 0 Å². The van der Waals surface area contributed by atoms with Gasteiger partial charge < -0.3 is 5.32 Å². The van der Waals surface area contributed by atoms with Crippen LogP contribution >= 0.6 is 0 Å². The summed E-state index contributed by atoms with van der Waals surface area (Å²) < 4.78 is 2.65. The molecule has 0 fully saturated rings. The Kier molecular flexibility index (Phi) is 6.63. The number of hydrogen-bond acceptors (Lipinski definition) is 2. The van der Waals surface area contributed by atoms with Crippen LogP contribution in [0.25, 0.3) is 5.70 Å². The molecule has 0 amide bonds. The van der Waals surface area contributed by atoms with Crippen LogP contribution in [0.4, 0.5) is 5.95 Å². The molecule has 0 saturated carbocycles. The van der Waals surface area contributed by atoms with Crippen molar-refractivity contribution in [2.45, 2.75) is 128 Å². The van der Waals surface area contributed by atoms with Crippen molar-refractivity contribution < 1.29 is 0 Å². The van der Waals surface area contributed by atoms with Gasteiger partial charge in [-0.2, -0.15) is 0 Å². The third-order valence-corrected chi connectivity index (χ3v) is 7.94. The molecule has 0 aromatic carbocycles. The van der Waals surface area contributed by atoms with Crippen LogP contribution < -0.4 is 5.32 Å². The summed E-state index contributed by atoms with van der Waals surface area (Å²) in [6.45, 7) is 0. The molecule has 30 heavy (non-hydrogen) atoms. The number of hydrogen-bond donors (Lipinski definition) is 1. The second-order valence-corrected chi connectivity index (χ2v) is 10.1. The molecule has 1 N–H and O–H groups in total. The van der Waals surface area contributed by atoms with Gasteiger partial charge in [0.2, 0.25) is 5.95 Å². The molecule has 3 nitrogen and oxygen atoms in total. The van der Waals surface area contributed by atoms with Crippen LogP contribution in [-0.4, -0.2) is 9.55 Å². The Balaban J connectivity index is 1.65. The molecular weight excluding hydrogens is 366 g/mol. The van der Waals surface area contributed by atoms with Gasteiger partial charge in [-0.25, -0.2) is 4.98 Å². The third-order valence-electron chi connectivity index (χ3n) is 7.94. The zero-order valence-corrected chi connectivity index (χ0v) is 19.0. The van der Waals surface area contributed by atoms with Crippen molar-refractivity contribution in [1.82, 2.24) is 9.55 Å². The van der Waals surface area contributed by atoms with Crippen molar-refractivity contribution >= 4 is 11.6 Å². The van der Waals surface area contributed by atoms with Crippen molar-refractivity contribution in [2.75, 3.05) is 5.32 Å². The fraction of sp³-hybridized carbons (Fsp3) is 0.741. The second-order valence-electron chi connectivity index (χ2n) is 10.1. The normalized spacial score (nSPS) is 24.0. The molecule has 0 bridgehead atoms. The first-order valence-electron chi connectivity index (χ1n) is 13.2. The lowest BCUT2D eigenvalue weighted by molar-refractivity contribution is 0.601. The highest BCUT2D eigenvalue weighted by atomic mass is 15.2. The van der Waals surface area contributed by atoms with Crippen LogP contribution in [0.5, 0.6) is 0 Å². The molecule has 5 rings (SSSR count). The summed E-state index contributed by atoms with van der Waals surface area (Å²) in [6.07, 6.45) is 26.6. The van der Waals surface area contributed by atoms with Gasteiger partial charge in [0.05, 0.1) is 5.69 Å². The number of imidazole rings is 1. The van der Waals surface area contributed by atoms with E-state index < -0.39 is 0 Å². The molecular formula is C27H41N3. The number of aryl methyl sites for hydroxylation is 1. The summed E-state index contributed by atoms with van der Waals surface area (Å²) in [5.74, 6) is 1.16. The summed E-state index contributed by atoms with van der Waals surface area (Å²) in [7, 11) is 0. The number of allylic oxidation sites excluding steroid dienone is 4. The van der Waals surface area contributed by atoms with Crippen molar-refractivity contribution in [3.05, 3.63) is 28.2 Å². The predicted molar refractivity (Wildman–Crippen MR) is 127 cm³/mol. The largest absolute Gasteiger partial charge is 0.329 e. The topological polar surface area (TPSA) is 29.9 Å². The molecule has 4 aliphatic rings. The van der Waals surface area contributed by atoms with E-state index in [2.05, 4.69) is 9.88 Å². The summed E-state index contributed by atoms with van der Waals surface area (Å²) in [4.78, 5) is 5.27. The Labute approximate surface area is 183 Å². The molecule has 1 aliphatic heterocycles. The molecule has 0 radical (unpaired) electrons. The van der Waals surface area contributed by atoms with E-state index in [9.17, 15) is 0 Å². The van der Waals surface area contributed by atoms with E-state index in [1.165, 1.54) is 140 Å². The molecule has 2 heterocycles. The summed E-state index contributed by atoms with van der Waals surface area (Å²) >= 11 is 0. The van der Waals surface area contributed by atoms with Crippen LogP contribution in [0.15, 0.2) is 16.8 Å². The highest BCUT2D eigenvalue weighted by molar-refractivity contribution is 5.68. The van der Waals surface area contributed by atoms with Crippen LogP contribution in [-0.2, 0) is 12.8 Å². The number of fused-ring (bicyclic) bond motifs is 5. The Bertz CT molecular complexity index is 810. The van der Waals surface area contributed by atoms with Crippen molar-refractivity contribution in [2.24, 2.45) is 0 Å². The molecule has 0 unspecified atom stereocenters. The van der Waals surface area contributed by atoms with E-state index in [0.717, 1.165) is 5.95 Å². The quantitative estimate of drug-likeness (QED) is 0.473. The SMILES string of the molecule is C1CCCC2=C(CCC1)C1=C(CCCCCCC1)n1c(nc3c1CCCCCC3)N2. The van der Waals surface area contributed by atoms with Crippen molar-refractivity contribution in [3.63, 3.8) is 0 Å². The van der Waals surface area contributed by atoms with E-state index in [1.54, 1.807) is 22.5 Å². The van der Waals surface area contributed by atoms with Gasteiger partial charge in [-0.15, -0.1) is 0 Å². The number of nitrogens with one attached hydrogen (secondary N) is 1. The zero-order chi connectivity index (χ0) is 20.2. The monoisotopic (exact) mass is 407 g/mol. The minimum atomic E-state index is 1.16. The average molecular weight is 408 g/mol. The average Bonchev–Trinajstić information content (AvgIpc) is 3.10. The second kappa shape index (κ2) is 9.75. The van der Waals surface area contributed by atoms with Crippen LogP contribution in [0.1, 0.15) is 127 Å². The predicted octanol–water partition coefficient (Wildman–Crippen LogP) is 7.92. The van der Waals surface area contributed by atoms with Gasteiger partial charge in [0, 0.05) is 17.1 Å². The van der Waals surface area contributed by atoms with Crippen molar-refractivity contribution in [3.8, 4) is 0 Å². The van der Waals surface area contributed by atoms with E-state index in [-0.39, 0.29) is 0 Å². The third kappa shape index (κ3) is 4.27.